The van der Waals surface area contributed by atoms with Crippen molar-refractivity contribution in [2.75, 3.05) is 18.5 Å². The monoisotopic (exact) mass is 428 g/mol. The van der Waals surface area contributed by atoms with Gasteiger partial charge >= 0.3 is 5.97 Å². The molecule has 1 amide bonds. The second-order valence-electron chi connectivity index (χ2n) is 6.66. The van der Waals surface area contributed by atoms with Gasteiger partial charge in [-0.15, -0.1) is 0 Å². The molecule has 0 aliphatic heterocycles. The lowest BCUT2D eigenvalue weighted by molar-refractivity contribution is -0.144. The van der Waals surface area contributed by atoms with Crippen molar-refractivity contribution in [2.24, 2.45) is 0 Å². The smallest absolute Gasteiger partial charge is 0.306 e. The molecule has 30 heavy (non-hydrogen) atoms. The molecule has 2 rings (SSSR count). The van der Waals surface area contributed by atoms with E-state index in [0.29, 0.717) is 24.7 Å². The molecule has 0 aromatic heterocycles. The SMILES string of the molecule is CCCOC(=O)CCC(=O)NC(=S)Nc1ccccc1OCCCc1ccccc1. The predicted molar refractivity (Wildman–Crippen MR) is 122 cm³/mol. The molecule has 7 heteroatoms. The molecule has 0 fully saturated rings. The second kappa shape index (κ2) is 13.3. The van der Waals surface area contributed by atoms with Crippen molar-refractivity contribution in [1.82, 2.24) is 5.32 Å². The van der Waals surface area contributed by atoms with Gasteiger partial charge in [0.15, 0.2) is 5.11 Å². The van der Waals surface area contributed by atoms with E-state index >= 15 is 0 Å². The van der Waals surface area contributed by atoms with Gasteiger partial charge in [-0.1, -0.05) is 49.4 Å². The maximum atomic E-state index is 12.0. The molecule has 6 nitrogen and oxygen atoms in total. The van der Waals surface area contributed by atoms with Crippen LogP contribution in [0.25, 0.3) is 0 Å². The van der Waals surface area contributed by atoms with Crippen LogP contribution >= 0.6 is 12.2 Å². The molecule has 2 aromatic rings. The Kier molecular flexibility index (Phi) is 10.4. The number of thiocarbonyl (C=S) groups is 1. The predicted octanol–water partition coefficient (Wildman–Crippen LogP) is 4.24. The quantitative estimate of drug-likeness (QED) is 0.317. The minimum absolute atomic E-state index is 0.0159. The Morgan fingerprint density at radius 1 is 0.967 bits per heavy atom. The van der Waals surface area contributed by atoms with Crippen molar-refractivity contribution in [1.29, 1.82) is 0 Å². The van der Waals surface area contributed by atoms with Gasteiger partial charge in [-0.05, 0) is 49.2 Å². The number of hydrogen-bond acceptors (Lipinski definition) is 5. The van der Waals surface area contributed by atoms with Crippen molar-refractivity contribution < 1.29 is 19.1 Å². The number of carbonyl (C=O) groups excluding carboxylic acids is 2. The number of anilines is 1. The average molecular weight is 429 g/mol. The first-order valence-electron chi connectivity index (χ1n) is 10.1. The van der Waals surface area contributed by atoms with Crippen LogP contribution in [0.5, 0.6) is 5.75 Å². The lowest BCUT2D eigenvalue weighted by Gasteiger charge is -2.14. The molecule has 2 N–H and O–H groups in total. The number of para-hydroxylation sites is 2. The van der Waals surface area contributed by atoms with Crippen LogP contribution in [0, 0.1) is 0 Å². The van der Waals surface area contributed by atoms with E-state index < -0.39 is 0 Å². The van der Waals surface area contributed by atoms with Gasteiger partial charge in [0, 0.05) is 6.42 Å². The summed E-state index contributed by atoms with van der Waals surface area (Å²) >= 11 is 5.21. The number of aryl methyl sites for hydroxylation is 1. The van der Waals surface area contributed by atoms with Crippen LogP contribution in [0.4, 0.5) is 5.69 Å². The standard InChI is InChI=1S/C23H28N2O4S/c1-2-16-29-22(27)15-14-21(26)25-23(30)24-19-12-6-7-13-20(19)28-17-8-11-18-9-4-3-5-10-18/h3-7,9-10,12-13H,2,8,11,14-17H2,1H3,(H2,24,25,26,30). The minimum atomic E-state index is -0.389. The molecule has 0 aliphatic rings. The van der Waals surface area contributed by atoms with Crippen molar-refractivity contribution in [3.8, 4) is 5.75 Å². The molecule has 0 atom stereocenters. The Hall–Kier alpha value is -2.93. The van der Waals surface area contributed by atoms with E-state index in [1.807, 2.05) is 49.4 Å². The van der Waals surface area contributed by atoms with E-state index in [-0.39, 0.29) is 29.8 Å². The van der Waals surface area contributed by atoms with Crippen LogP contribution < -0.4 is 15.4 Å². The third kappa shape index (κ3) is 9.05. The highest BCUT2D eigenvalue weighted by molar-refractivity contribution is 7.80. The number of rotatable bonds is 11. The van der Waals surface area contributed by atoms with Gasteiger partial charge in [0.25, 0.3) is 0 Å². The molecule has 0 spiro atoms. The maximum absolute atomic E-state index is 12.0. The van der Waals surface area contributed by atoms with E-state index in [1.54, 1.807) is 0 Å². The van der Waals surface area contributed by atoms with Gasteiger partial charge in [0.1, 0.15) is 5.75 Å². The summed E-state index contributed by atoms with van der Waals surface area (Å²) in [5.41, 5.74) is 1.94. The van der Waals surface area contributed by atoms with Crippen LogP contribution in [0.15, 0.2) is 54.6 Å². The molecule has 0 aliphatic carbocycles. The topological polar surface area (TPSA) is 76.7 Å². The molecule has 0 unspecified atom stereocenters. The maximum Gasteiger partial charge on any atom is 0.306 e. The molecule has 0 bridgehead atoms. The van der Waals surface area contributed by atoms with Crippen molar-refractivity contribution in [2.45, 2.75) is 39.0 Å². The largest absolute Gasteiger partial charge is 0.491 e. The van der Waals surface area contributed by atoms with Gasteiger partial charge in [-0.2, -0.15) is 0 Å². The highest BCUT2D eigenvalue weighted by Crippen LogP contribution is 2.24. The van der Waals surface area contributed by atoms with E-state index in [9.17, 15) is 9.59 Å². The van der Waals surface area contributed by atoms with Crippen LogP contribution in [-0.2, 0) is 20.7 Å². The fourth-order valence-electron chi connectivity index (χ4n) is 2.65. The summed E-state index contributed by atoms with van der Waals surface area (Å²) in [6, 6.07) is 17.7. The number of carbonyl (C=O) groups is 2. The van der Waals surface area contributed by atoms with Crippen molar-refractivity contribution >= 4 is 34.9 Å². The molecular formula is C23H28N2O4S. The zero-order chi connectivity index (χ0) is 21.6. The van der Waals surface area contributed by atoms with Gasteiger partial charge < -0.3 is 20.1 Å². The van der Waals surface area contributed by atoms with Gasteiger partial charge in [-0.3, -0.25) is 9.59 Å². The molecule has 160 valence electrons. The normalized spacial score (nSPS) is 10.2. The Morgan fingerprint density at radius 2 is 1.70 bits per heavy atom. The summed E-state index contributed by atoms with van der Waals surface area (Å²) in [5, 5.41) is 5.71. The summed E-state index contributed by atoms with van der Waals surface area (Å²) in [6.07, 6.45) is 2.61. The van der Waals surface area contributed by atoms with E-state index in [1.165, 1.54) is 5.56 Å². The van der Waals surface area contributed by atoms with Crippen LogP contribution in [-0.4, -0.2) is 30.2 Å². The summed E-state index contributed by atoms with van der Waals surface area (Å²) in [7, 11) is 0. The van der Waals surface area contributed by atoms with Gasteiger partial charge in [0.05, 0.1) is 25.3 Å². The summed E-state index contributed by atoms with van der Waals surface area (Å²) in [4.78, 5) is 23.5. The molecule has 2 aromatic carbocycles. The fraction of sp³-hybridized carbons (Fsp3) is 0.348. The number of esters is 1. The Labute approximate surface area is 183 Å². The van der Waals surface area contributed by atoms with E-state index in [2.05, 4.69) is 22.8 Å². The third-order valence-corrected chi connectivity index (χ3v) is 4.33. The van der Waals surface area contributed by atoms with Crippen molar-refractivity contribution in [3.63, 3.8) is 0 Å². The highest BCUT2D eigenvalue weighted by Gasteiger charge is 2.11. The van der Waals surface area contributed by atoms with Crippen LogP contribution in [0.1, 0.15) is 38.2 Å². The van der Waals surface area contributed by atoms with Crippen LogP contribution in [0.3, 0.4) is 0 Å². The zero-order valence-corrected chi connectivity index (χ0v) is 18.0. The van der Waals surface area contributed by atoms with Gasteiger partial charge in [0.2, 0.25) is 5.91 Å². The number of nitrogens with one attached hydrogen (secondary N) is 2. The summed E-state index contributed by atoms with van der Waals surface area (Å²) in [5.74, 6) is -0.0763. The van der Waals surface area contributed by atoms with Gasteiger partial charge in [-0.25, -0.2) is 0 Å². The first kappa shape index (κ1) is 23.3. The highest BCUT2D eigenvalue weighted by atomic mass is 32.1. The second-order valence-corrected chi connectivity index (χ2v) is 7.06. The number of ether oxygens (including phenoxy) is 2. The van der Waals surface area contributed by atoms with E-state index in [4.69, 9.17) is 21.7 Å². The molecule has 0 heterocycles. The third-order valence-electron chi connectivity index (χ3n) is 4.12. The Balaban J connectivity index is 1.75. The Bertz CT molecular complexity index is 827. The molecule has 0 radical (unpaired) electrons. The average Bonchev–Trinajstić information content (AvgIpc) is 2.75. The van der Waals surface area contributed by atoms with Crippen LogP contribution in [0.2, 0.25) is 0 Å². The van der Waals surface area contributed by atoms with Crippen molar-refractivity contribution in [3.05, 3.63) is 60.2 Å². The summed E-state index contributed by atoms with van der Waals surface area (Å²) in [6.45, 7) is 2.84. The van der Waals surface area contributed by atoms with E-state index in [0.717, 1.165) is 19.3 Å². The first-order chi connectivity index (χ1) is 14.6. The Morgan fingerprint density at radius 3 is 2.47 bits per heavy atom. The lowest BCUT2D eigenvalue weighted by atomic mass is 10.1. The lowest BCUT2D eigenvalue weighted by Crippen LogP contribution is -2.34. The zero-order valence-electron chi connectivity index (χ0n) is 17.2. The number of hydrogen-bond donors (Lipinski definition) is 2. The first-order valence-corrected chi connectivity index (χ1v) is 10.5. The molecule has 0 saturated heterocycles. The number of benzene rings is 2. The molecule has 0 saturated carbocycles. The summed E-state index contributed by atoms with van der Waals surface area (Å²) < 4.78 is 10.8. The minimum Gasteiger partial charge on any atom is -0.491 e. The molecular weight excluding hydrogens is 400 g/mol. The fourth-order valence-corrected chi connectivity index (χ4v) is 2.87. The number of amides is 1.